The minimum absolute atomic E-state index is 0. The lowest BCUT2D eigenvalue weighted by molar-refractivity contribution is -0.497. The van der Waals surface area contributed by atoms with E-state index in [1.54, 1.807) is 121 Å². The van der Waals surface area contributed by atoms with Crippen LogP contribution in [0.4, 0.5) is 80.4 Å². The topological polar surface area (TPSA) is 591 Å². The third kappa shape index (κ3) is 34.2. The molecule has 0 saturated carbocycles. The van der Waals surface area contributed by atoms with Crippen LogP contribution in [0.5, 0.6) is 11.5 Å². The molecular formula is C88H84Br2I4N20O21. The van der Waals surface area contributed by atoms with E-state index in [4.69, 9.17) is 14.2 Å². The van der Waals surface area contributed by atoms with Crippen LogP contribution in [-0.4, -0.2) is 149 Å². The largest absolute Gasteiger partial charge is 0.870 e. The minimum atomic E-state index is -0.543. The first-order valence-electron chi connectivity index (χ1n) is 39.6. The lowest BCUT2D eigenvalue weighted by Gasteiger charge is -2.30. The third-order valence-corrected chi connectivity index (χ3v) is 24.9. The number of aromatic nitrogens is 6. The molecule has 14 rings (SSSR count). The molecule has 2 saturated heterocycles. The first kappa shape index (κ1) is 109. The van der Waals surface area contributed by atoms with Crippen LogP contribution in [0.2, 0.25) is 0 Å². The monoisotopic (exact) mass is 2420 g/mol. The number of benzene rings is 6. The van der Waals surface area contributed by atoms with Gasteiger partial charge in [0.25, 0.3) is 63.9 Å². The maximum atomic E-state index is 12.8. The van der Waals surface area contributed by atoms with Crippen molar-refractivity contribution in [2.75, 3.05) is 94.3 Å². The second-order valence-corrected chi connectivity index (χ2v) is 34.6. The Balaban J connectivity index is 0.000000221. The maximum absolute atomic E-state index is 12.8. The molecule has 2 fully saturated rings. The number of morpholine rings is 1. The average Bonchev–Trinajstić information content (AvgIpc) is 1.53. The second kappa shape index (κ2) is 53.9. The number of nitro benzene ring substituents is 4. The first-order chi connectivity index (χ1) is 63.5. The number of nitrogens with two attached hydrogens (primary N) is 1. The summed E-state index contributed by atoms with van der Waals surface area (Å²) >= 11 is 15.3. The molecule has 6 aromatic carbocycles. The summed E-state index contributed by atoms with van der Waals surface area (Å²) in [5.41, 5.74) is 8.28. The van der Waals surface area contributed by atoms with Crippen LogP contribution in [0.1, 0.15) is 88.4 Å². The summed E-state index contributed by atoms with van der Waals surface area (Å²) in [5, 5.41) is 72.2. The van der Waals surface area contributed by atoms with E-state index in [1.165, 1.54) is 66.7 Å². The molecule has 0 spiro atoms. The number of halogens is 6. The molecule has 704 valence electrons. The van der Waals surface area contributed by atoms with Gasteiger partial charge < -0.3 is 77.6 Å². The van der Waals surface area contributed by atoms with E-state index < -0.39 is 43.3 Å². The number of rotatable bonds is 24. The Kier molecular flexibility index (Phi) is 43.5. The normalized spacial score (nSPS) is 11.4. The molecule has 0 atom stereocenters. The highest BCUT2D eigenvalue weighted by atomic mass is 127. The van der Waals surface area contributed by atoms with E-state index >= 15 is 0 Å². The molecular weight excluding hydrogens is 2340 g/mol. The SMILES string of the molecule is Cc1nc(NC(=O)COc2ccc([NH+]=O)cc2)ccc1I.Cc1nc(NC(=O)COc2ccc([NH2+][O-])cc2)ccc1Br.Cc1nc(NC(=O)c2cc([N+](=O)[O-])ccc2N2CCOCC2)ccc1I.Cc1nc(NC(=O)c2ccc(N3CCCC3)c([N+](=O)[O-])c2)ccc1I.Cc1nc(NC(=O)c2cccc([N+](=O)[O-])c2)ccc1Br.Cc1nc(NC(=O)c2cccc([N+](=O)[O-])c2)ccc1I.O.[OH-]. The van der Waals surface area contributed by atoms with Gasteiger partial charge in [0.05, 0.1) is 78.3 Å². The molecule has 0 unspecified atom stereocenters. The smallest absolute Gasteiger partial charge is 0.293 e. The predicted molar refractivity (Wildman–Crippen MR) is 544 cm³/mol. The summed E-state index contributed by atoms with van der Waals surface area (Å²) in [6, 6.07) is 54.1. The zero-order valence-corrected chi connectivity index (χ0v) is 83.9. The van der Waals surface area contributed by atoms with Crippen LogP contribution in [0.25, 0.3) is 0 Å². The average molecular weight is 2430 g/mol. The molecule has 2 aliphatic heterocycles. The summed E-state index contributed by atoms with van der Waals surface area (Å²) in [7, 11) is 0. The Morgan fingerprint density at radius 2 is 0.770 bits per heavy atom. The summed E-state index contributed by atoms with van der Waals surface area (Å²) in [4.78, 5) is 155. The number of nitroso groups, excluding NO2 is 1. The van der Waals surface area contributed by atoms with Crippen LogP contribution in [0, 0.1) is 106 Å². The van der Waals surface area contributed by atoms with E-state index in [0.717, 1.165) is 88.8 Å². The number of hydrogen-bond donors (Lipinski definition) is 8. The van der Waals surface area contributed by atoms with Gasteiger partial charge in [-0.15, -0.1) is 0 Å². The lowest BCUT2D eigenvalue weighted by Crippen LogP contribution is -2.70. The fourth-order valence-corrected chi connectivity index (χ4v) is 13.4. The quantitative estimate of drug-likeness (QED) is 0.0121. The summed E-state index contributed by atoms with van der Waals surface area (Å²) in [5.74, 6) is 1.33. The number of ether oxygens (including phenoxy) is 3. The van der Waals surface area contributed by atoms with Crippen molar-refractivity contribution in [1.29, 1.82) is 0 Å². The van der Waals surface area contributed by atoms with Crippen LogP contribution < -0.4 is 61.8 Å². The molecule has 47 heteroatoms. The van der Waals surface area contributed by atoms with Crippen molar-refractivity contribution in [2.24, 2.45) is 0 Å². The number of nitrogens with one attached hydrogen (secondary N) is 7. The van der Waals surface area contributed by atoms with E-state index in [0.29, 0.717) is 95.5 Å². The number of amides is 6. The summed E-state index contributed by atoms with van der Waals surface area (Å²) in [6.45, 7) is 14.8. The van der Waals surface area contributed by atoms with Gasteiger partial charge in [-0.1, -0.05) is 12.1 Å². The molecule has 41 nitrogen and oxygen atoms in total. The molecule has 0 aliphatic carbocycles. The van der Waals surface area contributed by atoms with Gasteiger partial charge in [0.15, 0.2) is 13.2 Å². The summed E-state index contributed by atoms with van der Waals surface area (Å²) < 4.78 is 21.7. The molecule has 6 aromatic heterocycles. The van der Waals surface area contributed by atoms with E-state index in [1.807, 2.05) is 74.8 Å². The van der Waals surface area contributed by atoms with Gasteiger partial charge in [0.1, 0.15) is 57.8 Å². The number of quaternary nitrogens is 1. The predicted octanol–water partition coefficient (Wildman–Crippen LogP) is 15.6. The van der Waals surface area contributed by atoms with Crippen molar-refractivity contribution in [1.82, 2.24) is 29.9 Å². The number of anilines is 8. The third-order valence-electron chi connectivity index (χ3n) is 18.7. The van der Waals surface area contributed by atoms with Crippen molar-refractivity contribution in [3.05, 3.63) is 336 Å². The van der Waals surface area contributed by atoms with Gasteiger partial charge in [0.2, 0.25) is 0 Å². The molecule has 6 amide bonds. The van der Waals surface area contributed by atoms with Crippen LogP contribution >= 0.6 is 122 Å². The molecule has 2 aliphatic rings. The highest BCUT2D eigenvalue weighted by molar-refractivity contribution is 14.1. The van der Waals surface area contributed by atoms with E-state index in [-0.39, 0.29) is 81.0 Å². The highest BCUT2D eigenvalue weighted by Crippen LogP contribution is 2.34. The van der Waals surface area contributed by atoms with Crippen LogP contribution in [-0.2, 0) is 14.3 Å². The van der Waals surface area contributed by atoms with Crippen molar-refractivity contribution in [2.45, 2.75) is 54.4 Å². The van der Waals surface area contributed by atoms with Crippen molar-refractivity contribution < 1.29 is 84.3 Å². The Hall–Kier alpha value is -12.9. The van der Waals surface area contributed by atoms with Gasteiger partial charge in [0, 0.05) is 143 Å². The number of aryl methyl sites for hydroxylation is 6. The lowest BCUT2D eigenvalue weighted by atomic mass is 10.1. The maximum Gasteiger partial charge on any atom is 0.293 e. The molecule has 135 heavy (non-hydrogen) atoms. The van der Waals surface area contributed by atoms with Crippen molar-refractivity contribution in [3.63, 3.8) is 0 Å². The highest BCUT2D eigenvalue weighted by Gasteiger charge is 2.27. The Morgan fingerprint density at radius 1 is 0.422 bits per heavy atom. The van der Waals surface area contributed by atoms with Gasteiger partial charge in [-0.2, -0.15) is 0 Å². The number of nitrogens with zero attached hydrogens (tertiary/aromatic N) is 12. The van der Waals surface area contributed by atoms with Crippen LogP contribution in [0.3, 0.4) is 0 Å². The molecule has 0 bridgehead atoms. The van der Waals surface area contributed by atoms with E-state index in [2.05, 4.69) is 184 Å². The summed E-state index contributed by atoms with van der Waals surface area (Å²) in [6.07, 6.45) is 2.05. The molecule has 12 aromatic rings. The Morgan fingerprint density at radius 3 is 1.14 bits per heavy atom. The first-order valence-corrected chi connectivity index (χ1v) is 45.5. The standard InChI is InChI=1S/C17H17IN4O4.C17H17IN4O3.C14H14BrN3O3.C14H12IN3O3.C13H10BrN3O3.C13H10IN3O3.2H2O/c1-11-14(18)3-5-16(19-11)20-17(23)13-10-12(22(24)25)2-4-15(13)21-6-8-26-9-7-21;1-11-13(18)5-7-16(19-11)20-17(23)12-4-6-14(15(10-12)22(24)25)21-8-2-3-9-21;2*1-9-12(15)6-7-13(16-9)17-14(19)8-21-11-4-2-10(18-20)3-5-11;2*1-8-11(14)5-6-12(15-8)16-13(18)9-3-2-4-10(7-9)17(19)20;;/h2-5,10H,6-9H2,1H3,(H,19,20,23);4-7,10H,2-3,8-9H2,1H3,(H,19,20,23);2-7H,8,18H2,1H3,(H,16,17,19);2-7H,8H2,1H3,(H,16,17,19);2*2-7H,1H3,(H,15,16,18);2*1H2. The molecule has 8 heterocycles. The van der Waals surface area contributed by atoms with Gasteiger partial charge in [-0.05, 0) is 304 Å². The zero-order valence-electron chi connectivity index (χ0n) is 72.1. The van der Waals surface area contributed by atoms with Crippen LogP contribution in [0.15, 0.2) is 215 Å². The molecule has 0 radical (unpaired) electrons. The number of pyridine rings is 6. The van der Waals surface area contributed by atoms with Gasteiger partial charge in [-0.3, -0.25) is 69.2 Å². The van der Waals surface area contributed by atoms with E-state index in [9.17, 15) is 79.3 Å². The second-order valence-electron chi connectivity index (χ2n) is 28.2. The minimum Gasteiger partial charge on any atom is -0.870 e. The fourth-order valence-electron chi connectivity index (χ4n) is 11.8. The zero-order chi connectivity index (χ0) is 96.5. The van der Waals surface area contributed by atoms with Gasteiger partial charge >= 0.3 is 0 Å². The van der Waals surface area contributed by atoms with Crippen molar-refractivity contribution >= 4 is 238 Å². The Labute approximate surface area is 841 Å². The van der Waals surface area contributed by atoms with Gasteiger partial charge in [-0.25, -0.2) is 29.9 Å². The molecule has 12 N–H and O–H groups in total. The Bertz CT molecular complexity index is 6180. The number of non-ortho nitro benzene ring substituents is 3. The number of carbonyl (C=O) groups is 6. The number of carbonyl (C=O) groups excluding carboxylic acids is 6. The van der Waals surface area contributed by atoms with Crippen molar-refractivity contribution in [3.8, 4) is 11.5 Å². The fraction of sp³-hybridized carbons (Fsp3) is 0.182. The number of nitro groups is 4. The number of hydrogen-bond acceptors (Lipinski definition) is 28.